The molecule has 0 amide bonds. The number of aliphatic hydroxyl groups is 1. The van der Waals surface area contributed by atoms with Crippen molar-refractivity contribution in [2.24, 2.45) is 0 Å². The summed E-state index contributed by atoms with van der Waals surface area (Å²) in [6, 6.07) is 0. The van der Waals surface area contributed by atoms with Crippen molar-refractivity contribution in [2.75, 3.05) is 67.6 Å². The van der Waals surface area contributed by atoms with Crippen molar-refractivity contribution in [3.8, 4) is 0 Å². The first-order chi connectivity index (χ1) is 7.56. The van der Waals surface area contributed by atoms with Crippen LogP contribution in [0.15, 0.2) is 0 Å². The minimum absolute atomic E-state index is 0.292. The van der Waals surface area contributed by atoms with Gasteiger partial charge in [0.1, 0.15) is 0 Å². The number of nitrogens with one attached hydrogen (secondary N) is 1. The zero-order valence-corrected chi connectivity index (χ0v) is 11.1. The van der Waals surface area contributed by atoms with Gasteiger partial charge in [-0.1, -0.05) is 0 Å². The Morgan fingerprint density at radius 2 is 1.94 bits per heavy atom. The number of rotatable bonds is 10. The lowest BCUT2D eigenvalue weighted by Gasteiger charge is -2.19. The van der Waals surface area contributed by atoms with Crippen molar-refractivity contribution in [3.05, 3.63) is 0 Å². The van der Waals surface area contributed by atoms with Gasteiger partial charge in [0.2, 0.25) is 0 Å². The molecule has 1 unspecified atom stereocenters. The van der Waals surface area contributed by atoms with Crippen molar-refractivity contribution < 1.29 is 9.84 Å². The van der Waals surface area contributed by atoms with Gasteiger partial charge in [0, 0.05) is 39.8 Å². The molecule has 0 aromatic heterocycles. The van der Waals surface area contributed by atoms with E-state index in [2.05, 4.69) is 17.3 Å². The fourth-order valence-corrected chi connectivity index (χ4v) is 1.38. The van der Waals surface area contributed by atoms with Crippen LogP contribution in [0.1, 0.15) is 0 Å². The Morgan fingerprint density at radius 3 is 2.50 bits per heavy atom. The number of hydrogen-bond acceptors (Lipinski definition) is 5. The predicted molar refractivity (Wildman–Crippen MR) is 66.8 cm³/mol. The van der Waals surface area contributed by atoms with Crippen LogP contribution < -0.4 is 5.32 Å². The molecule has 0 aliphatic rings. The maximum Gasteiger partial charge on any atom is 0.0791 e. The molecule has 0 bridgehead atoms. The van der Waals surface area contributed by atoms with Gasteiger partial charge in [-0.05, 0) is 21.1 Å². The molecule has 5 heteroatoms. The van der Waals surface area contributed by atoms with Crippen LogP contribution in [0.2, 0.25) is 0 Å². The lowest BCUT2D eigenvalue weighted by atomic mass is 10.3. The summed E-state index contributed by atoms with van der Waals surface area (Å²) in [5.41, 5.74) is 0. The molecule has 16 heavy (non-hydrogen) atoms. The molecule has 0 aromatic rings. The minimum atomic E-state index is -0.292. The van der Waals surface area contributed by atoms with Crippen molar-refractivity contribution >= 4 is 0 Å². The van der Waals surface area contributed by atoms with Gasteiger partial charge in [-0.25, -0.2) is 0 Å². The summed E-state index contributed by atoms with van der Waals surface area (Å²) in [6.07, 6.45) is -0.292. The highest BCUT2D eigenvalue weighted by atomic mass is 16.5. The van der Waals surface area contributed by atoms with Crippen LogP contribution >= 0.6 is 0 Å². The first kappa shape index (κ1) is 15.8. The van der Waals surface area contributed by atoms with Gasteiger partial charge in [-0.2, -0.15) is 0 Å². The molecule has 0 fully saturated rings. The van der Waals surface area contributed by atoms with Crippen LogP contribution in [0.25, 0.3) is 0 Å². The summed E-state index contributed by atoms with van der Waals surface area (Å²) in [4.78, 5) is 4.19. The van der Waals surface area contributed by atoms with Crippen LogP contribution in [0.4, 0.5) is 0 Å². The van der Waals surface area contributed by atoms with E-state index in [1.807, 2.05) is 19.0 Å². The standard InChI is InChI=1S/C11H27N3O2/c1-13(2)10-11(15)9-12-5-6-14(3)7-8-16-4/h11-12,15H,5-10H2,1-4H3. The third-order valence-electron chi connectivity index (χ3n) is 2.30. The number of hydrogen-bond donors (Lipinski definition) is 2. The fraction of sp³-hybridized carbons (Fsp3) is 1.00. The van der Waals surface area contributed by atoms with E-state index in [-0.39, 0.29) is 6.10 Å². The topological polar surface area (TPSA) is 48.0 Å². The number of aliphatic hydroxyl groups excluding tert-OH is 1. The van der Waals surface area contributed by atoms with Crippen molar-refractivity contribution in [1.29, 1.82) is 0 Å². The molecule has 0 heterocycles. The summed E-state index contributed by atoms with van der Waals surface area (Å²) in [5, 5.41) is 12.8. The van der Waals surface area contributed by atoms with Crippen LogP contribution in [-0.2, 0) is 4.74 Å². The zero-order chi connectivity index (χ0) is 12.4. The van der Waals surface area contributed by atoms with E-state index in [1.54, 1.807) is 7.11 Å². The van der Waals surface area contributed by atoms with Gasteiger partial charge in [0.05, 0.1) is 12.7 Å². The Hall–Kier alpha value is -0.200. The fourth-order valence-electron chi connectivity index (χ4n) is 1.38. The third-order valence-corrected chi connectivity index (χ3v) is 2.30. The summed E-state index contributed by atoms with van der Waals surface area (Å²) in [7, 11) is 7.70. The zero-order valence-electron chi connectivity index (χ0n) is 11.1. The van der Waals surface area contributed by atoms with Gasteiger partial charge < -0.3 is 25.0 Å². The number of methoxy groups -OCH3 is 1. The van der Waals surface area contributed by atoms with E-state index in [0.29, 0.717) is 13.1 Å². The molecule has 2 N–H and O–H groups in total. The maximum atomic E-state index is 9.59. The van der Waals surface area contributed by atoms with E-state index in [0.717, 1.165) is 26.2 Å². The van der Waals surface area contributed by atoms with Gasteiger partial charge in [0.15, 0.2) is 0 Å². The van der Waals surface area contributed by atoms with E-state index in [1.165, 1.54) is 0 Å². The Bertz CT molecular complexity index is 156. The van der Waals surface area contributed by atoms with Crippen LogP contribution in [0, 0.1) is 0 Å². The minimum Gasteiger partial charge on any atom is -0.390 e. The highest BCUT2D eigenvalue weighted by Crippen LogP contribution is 1.85. The molecular weight excluding hydrogens is 206 g/mol. The van der Waals surface area contributed by atoms with Crippen molar-refractivity contribution in [2.45, 2.75) is 6.10 Å². The summed E-state index contributed by atoms with van der Waals surface area (Å²) in [5.74, 6) is 0. The molecule has 0 rings (SSSR count). The highest BCUT2D eigenvalue weighted by molar-refractivity contribution is 4.63. The van der Waals surface area contributed by atoms with Crippen LogP contribution in [0.5, 0.6) is 0 Å². The molecule has 0 aromatic carbocycles. The van der Waals surface area contributed by atoms with Gasteiger partial charge >= 0.3 is 0 Å². The first-order valence-electron chi connectivity index (χ1n) is 5.77. The molecule has 0 aliphatic carbocycles. The van der Waals surface area contributed by atoms with E-state index >= 15 is 0 Å². The second-order valence-electron chi connectivity index (χ2n) is 4.42. The predicted octanol–water partition coefficient (Wildman–Crippen LogP) is -0.923. The average molecular weight is 233 g/mol. The molecule has 0 saturated heterocycles. The molecule has 1 atom stereocenters. The second kappa shape index (κ2) is 9.99. The summed E-state index contributed by atoms with van der Waals surface area (Å²) >= 11 is 0. The lowest BCUT2D eigenvalue weighted by molar-refractivity contribution is 0.132. The molecule has 0 aliphatic heterocycles. The summed E-state index contributed by atoms with van der Waals surface area (Å²) in [6.45, 7) is 4.92. The molecule has 0 spiro atoms. The SMILES string of the molecule is COCCN(C)CCNCC(O)CN(C)C. The van der Waals surface area contributed by atoms with Crippen molar-refractivity contribution in [1.82, 2.24) is 15.1 Å². The monoisotopic (exact) mass is 233 g/mol. The number of nitrogens with zero attached hydrogens (tertiary/aromatic N) is 2. The van der Waals surface area contributed by atoms with E-state index in [4.69, 9.17) is 4.74 Å². The molecule has 5 nitrogen and oxygen atoms in total. The van der Waals surface area contributed by atoms with Gasteiger partial charge in [0.25, 0.3) is 0 Å². The molecule has 0 radical (unpaired) electrons. The highest BCUT2D eigenvalue weighted by Gasteiger charge is 2.04. The van der Waals surface area contributed by atoms with Gasteiger partial charge in [-0.15, -0.1) is 0 Å². The molecule has 0 saturated carbocycles. The molecule has 98 valence electrons. The summed E-state index contributed by atoms with van der Waals surface area (Å²) < 4.78 is 4.99. The van der Waals surface area contributed by atoms with Crippen molar-refractivity contribution in [3.63, 3.8) is 0 Å². The quantitative estimate of drug-likeness (QED) is 0.478. The Labute approximate surface area is 99.4 Å². The van der Waals surface area contributed by atoms with Crippen LogP contribution in [0.3, 0.4) is 0 Å². The normalized spacial score (nSPS) is 13.7. The largest absolute Gasteiger partial charge is 0.390 e. The Kier molecular flexibility index (Phi) is 9.86. The number of likely N-dealkylation sites (N-methyl/N-ethyl adjacent to an activating group) is 2. The van der Waals surface area contributed by atoms with Crippen LogP contribution in [-0.4, -0.2) is 88.6 Å². The van der Waals surface area contributed by atoms with E-state index < -0.39 is 0 Å². The average Bonchev–Trinajstić information content (AvgIpc) is 2.20. The first-order valence-corrected chi connectivity index (χ1v) is 5.77. The third kappa shape index (κ3) is 10.3. The van der Waals surface area contributed by atoms with E-state index in [9.17, 15) is 5.11 Å². The smallest absolute Gasteiger partial charge is 0.0791 e. The Morgan fingerprint density at radius 1 is 1.25 bits per heavy atom. The lowest BCUT2D eigenvalue weighted by Crippen LogP contribution is -2.38. The number of ether oxygens (including phenoxy) is 1. The molecular formula is C11H27N3O2. The maximum absolute atomic E-state index is 9.59. The second-order valence-corrected chi connectivity index (χ2v) is 4.42. The Balaban J connectivity index is 3.31. The van der Waals surface area contributed by atoms with Gasteiger partial charge in [-0.3, -0.25) is 0 Å².